The fourth-order valence-corrected chi connectivity index (χ4v) is 5.22. The van der Waals surface area contributed by atoms with Gasteiger partial charge < -0.3 is 14.8 Å². The summed E-state index contributed by atoms with van der Waals surface area (Å²) < 4.78 is 28.7. The lowest BCUT2D eigenvalue weighted by Gasteiger charge is -2.30. The van der Waals surface area contributed by atoms with Gasteiger partial charge in [-0.2, -0.15) is 4.31 Å². The highest BCUT2D eigenvalue weighted by Crippen LogP contribution is 2.25. The third-order valence-corrected chi connectivity index (χ3v) is 7.55. The van der Waals surface area contributed by atoms with E-state index >= 15 is 0 Å². The molecule has 0 unspecified atom stereocenters. The van der Waals surface area contributed by atoms with Crippen LogP contribution in [0.2, 0.25) is 0 Å². The van der Waals surface area contributed by atoms with Gasteiger partial charge in [0.05, 0.1) is 0 Å². The molecule has 1 fully saturated rings. The molecule has 8 nitrogen and oxygen atoms in total. The molecule has 30 heavy (non-hydrogen) atoms. The van der Waals surface area contributed by atoms with Crippen LogP contribution >= 0.6 is 0 Å². The summed E-state index contributed by atoms with van der Waals surface area (Å²) in [7, 11) is -1.85. The lowest BCUT2D eigenvalue weighted by atomic mass is 9.97. The number of benzene rings is 1. The number of anilines is 2. The highest BCUT2D eigenvalue weighted by molar-refractivity contribution is 7.89. The normalized spacial score (nSPS) is 15.9. The number of aromatic nitrogens is 2. The number of piperidine rings is 1. The van der Waals surface area contributed by atoms with Gasteiger partial charge in [-0.05, 0) is 57.9 Å². The van der Waals surface area contributed by atoms with Crippen LogP contribution in [0.5, 0.6) is 0 Å². The van der Waals surface area contributed by atoms with Gasteiger partial charge in [-0.1, -0.05) is 0 Å². The zero-order valence-electron chi connectivity index (χ0n) is 18.1. The minimum atomic E-state index is -3.62. The van der Waals surface area contributed by atoms with Crippen LogP contribution in [-0.2, 0) is 21.9 Å². The zero-order valence-corrected chi connectivity index (χ0v) is 18.9. The molecule has 2 heterocycles. The van der Waals surface area contributed by atoms with Crippen LogP contribution in [0.1, 0.15) is 32.5 Å². The first-order chi connectivity index (χ1) is 14.3. The standard InChI is InChI=1S/C21H31N5O3S/c1-5-25(6-2)19-9-7-18(8-10-19)23-21(27)17-11-13-26(14-12-17)30(28,29)20-15-24(4)16(3)22-20/h7-10,15,17H,5-6,11-14H2,1-4H3,(H,23,27). The number of sulfonamides is 1. The average molecular weight is 434 g/mol. The molecule has 3 rings (SSSR count). The Kier molecular flexibility index (Phi) is 6.82. The van der Waals surface area contributed by atoms with Crippen LogP contribution in [0.25, 0.3) is 0 Å². The summed E-state index contributed by atoms with van der Waals surface area (Å²) in [5.41, 5.74) is 1.89. The summed E-state index contributed by atoms with van der Waals surface area (Å²) in [4.78, 5) is 19.1. The first-order valence-electron chi connectivity index (χ1n) is 10.4. The second-order valence-corrected chi connectivity index (χ2v) is 9.51. The third kappa shape index (κ3) is 4.67. The van der Waals surface area contributed by atoms with Crippen molar-refractivity contribution in [3.8, 4) is 0 Å². The summed E-state index contributed by atoms with van der Waals surface area (Å²) in [5.74, 6) is 0.385. The molecule has 1 aliphatic rings. The van der Waals surface area contributed by atoms with Gasteiger partial charge in [-0.25, -0.2) is 13.4 Å². The van der Waals surface area contributed by atoms with Crippen LogP contribution in [0.3, 0.4) is 0 Å². The molecule has 1 aromatic heterocycles. The summed E-state index contributed by atoms with van der Waals surface area (Å²) in [6.45, 7) is 8.49. The van der Waals surface area contributed by atoms with E-state index in [1.54, 1.807) is 18.5 Å². The van der Waals surface area contributed by atoms with Crippen molar-refractivity contribution in [2.75, 3.05) is 36.4 Å². The maximum atomic E-state index is 12.8. The summed E-state index contributed by atoms with van der Waals surface area (Å²) in [6.07, 6.45) is 2.52. The number of amides is 1. The molecule has 1 aliphatic heterocycles. The number of aryl methyl sites for hydroxylation is 2. The molecular formula is C21H31N5O3S. The van der Waals surface area contributed by atoms with Crippen LogP contribution < -0.4 is 10.2 Å². The second-order valence-electron chi connectivity index (χ2n) is 7.62. The van der Waals surface area contributed by atoms with Gasteiger partial charge in [0, 0.05) is 56.7 Å². The van der Waals surface area contributed by atoms with Gasteiger partial charge >= 0.3 is 0 Å². The number of nitrogens with one attached hydrogen (secondary N) is 1. The Hall–Kier alpha value is -2.39. The quantitative estimate of drug-likeness (QED) is 0.725. The maximum Gasteiger partial charge on any atom is 0.262 e. The molecule has 0 radical (unpaired) electrons. The first kappa shape index (κ1) is 22.3. The zero-order chi connectivity index (χ0) is 21.9. The van der Waals surface area contributed by atoms with Crippen molar-refractivity contribution in [3.63, 3.8) is 0 Å². The highest BCUT2D eigenvalue weighted by Gasteiger charge is 2.33. The van der Waals surface area contributed by atoms with E-state index in [2.05, 4.69) is 29.0 Å². The summed E-state index contributed by atoms with van der Waals surface area (Å²) in [6, 6.07) is 7.84. The second kappa shape index (κ2) is 9.18. The van der Waals surface area contributed by atoms with Crippen molar-refractivity contribution in [3.05, 3.63) is 36.3 Å². The Morgan fingerprint density at radius 2 is 1.77 bits per heavy atom. The number of rotatable bonds is 7. The van der Waals surface area contributed by atoms with E-state index in [1.807, 2.05) is 24.3 Å². The van der Waals surface area contributed by atoms with Gasteiger partial charge in [-0.3, -0.25) is 4.79 Å². The predicted molar refractivity (Wildman–Crippen MR) is 118 cm³/mol. The lowest BCUT2D eigenvalue weighted by Crippen LogP contribution is -2.41. The van der Waals surface area contributed by atoms with E-state index in [0.29, 0.717) is 31.8 Å². The van der Waals surface area contributed by atoms with E-state index < -0.39 is 10.0 Å². The minimum absolute atomic E-state index is 0.0590. The monoisotopic (exact) mass is 433 g/mol. The smallest absolute Gasteiger partial charge is 0.262 e. The molecule has 164 valence electrons. The van der Waals surface area contributed by atoms with Gasteiger partial charge in [0.1, 0.15) is 5.82 Å². The van der Waals surface area contributed by atoms with Crippen molar-refractivity contribution in [1.29, 1.82) is 0 Å². The number of nitrogens with zero attached hydrogens (tertiary/aromatic N) is 4. The maximum absolute atomic E-state index is 12.8. The third-order valence-electron chi connectivity index (χ3n) is 5.78. The van der Waals surface area contributed by atoms with Gasteiger partial charge in [0.2, 0.25) is 5.91 Å². The molecule has 0 aliphatic carbocycles. The fourth-order valence-electron chi connectivity index (χ4n) is 3.73. The van der Waals surface area contributed by atoms with Crippen molar-refractivity contribution in [2.45, 2.75) is 38.6 Å². The van der Waals surface area contributed by atoms with E-state index in [4.69, 9.17) is 0 Å². The van der Waals surface area contributed by atoms with Gasteiger partial charge in [-0.15, -0.1) is 0 Å². The molecule has 1 amide bonds. The Bertz CT molecular complexity index is 953. The molecule has 1 aromatic carbocycles. The number of imidazole rings is 1. The number of hydrogen-bond donors (Lipinski definition) is 1. The predicted octanol–water partition coefficient (Wildman–Crippen LogP) is 2.61. The molecule has 1 saturated heterocycles. The first-order valence-corrected chi connectivity index (χ1v) is 11.9. The van der Waals surface area contributed by atoms with Crippen LogP contribution in [0.15, 0.2) is 35.5 Å². The minimum Gasteiger partial charge on any atom is -0.372 e. The highest BCUT2D eigenvalue weighted by atomic mass is 32.2. The molecule has 9 heteroatoms. The summed E-state index contributed by atoms with van der Waals surface area (Å²) in [5, 5.41) is 3.04. The van der Waals surface area contributed by atoms with Gasteiger partial charge in [0.15, 0.2) is 5.03 Å². The Balaban J connectivity index is 1.57. The molecule has 2 aromatic rings. The Morgan fingerprint density at radius 3 is 2.27 bits per heavy atom. The molecule has 0 saturated carbocycles. The van der Waals surface area contributed by atoms with E-state index in [-0.39, 0.29) is 16.9 Å². The van der Waals surface area contributed by atoms with E-state index in [1.165, 1.54) is 10.5 Å². The largest absolute Gasteiger partial charge is 0.372 e. The number of carbonyl (C=O) groups is 1. The van der Waals surface area contributed by atoms with Crippen LogP contribution in [-0.4, -0.2) is 54.4 Å². The molecular weight excluding hydrogens is 402 g/mol. The molecule has 0 atom stereocenters. The van der Waals surface area contributed by atoms with E-state index in [0.717, 1.165) is 24.5 Å². The molecule has 1 N–H and O–H groups in total. The Labute approximate surface area is 178 Å². The average Bonchev–Trinajstić information content (AvgIpc) is 3.09. The topological polar surface area (TPSA) is 87.5 Å². The van der Waals surface area contributed by atoms with Crippen molar-refractivity contribution in [2.24, 2.45) is 13.0 Å². The van der Waals surface area contributed by atoms with Crippen LogP contribution in [0.4, 0.5) is 11.4 Å². The Morgan fingerprint density at radius 1 is 1.17 bits per heavy atom. The van der Waals surface area contributed by atoms with Gasteiger partial charge in [0.25, 0.3) is 10.0 Å². The van der Waals surface area contributed by atoms with E-state index in [9.17, 15) is 13.2 Å². The van der Waals surface area contributed by atoms with Crippen molar-refractivity contribution in [1.82, 2.24) is 13.9 Å². The lowest BCUT2D eigenvalue weighted by molar-refractivity contribution is -0.120. The SMILES string of the molecule is CCN(CC)c1ccc(NC(=O)C2CCN(S(=O)(=O)c3cn(C)c(C)n3)CC2)cc1. The number of carbonyl (C=O) groups excluding carboxylic acids is 1. The molecule has 0 spiro atoms. The fraction of sp³-hybridized carbons (Fsp3) is 0.524. The number of hydrogen-bond acceptors (Lipinski definition) is 5. The van der Waals surface area contributed by atoms with Crippen LogP contribution in [0, 0.1) is 12.8 Å². The van der Waals surface area contributed by atoms with Crippen molar-refractivity contribution >= 4 is 27.3 Å². The van der Waals surface area contributed by atoms with Crippen molar-refractivity contribution < 1.29 is 13.2 Å². The molecule has 0 bridgehead atoms. The summed E-state index contributed by atoms with van der Waals surface area (Å²) >= 11 is 0.